The third-order valence-corrected chi connectivity index (χ3v) is 5.56. The second-order valence-electron chi connectivity index (χ2n) is 7.54. The van der Waals surface area contributed by atoms with Crippen LogP contribution >= 0.6 is 11.6 Å². The van der Waals surface area contributed by atoms with Crippen LogP contribution in [0.3, 0.4) is 0 Å². The Morgan fingerprint density at radius 1 is 1.17 bits per heavy atom. The predicted molar refractivity (Wildman–Crippen MR) is 115 cm³/mol. The lowest BCUT2D eigenvalue weighted by Crippen LogP contribution is -2.31. The molecule has 0 bridgehead atoms. The molecule has 3 aromatic rings. The standard InChI is InChI=1S/C22H23ClN4O2/c1-26(2)21(28)13-27-10-9-15-12-17(5-8-20(15)27)24-22(29)25-19-7-3-14-11-16(23)4-6-18(14)19/h4-6,8-12,19H,3,7,13H2,1-2H3,(H2,24,25,29). The van der Waals surface area contributed by atoms with Crippen LogP contribution in [0, 0.1) is 0 Å². The van der Waals surface area contributed by atoms with Gasteiger partial charge >= 0.3 is 6.03 Å². The Morgan fingerprint density at radius 2 is 2.00 bits per heavy atom. The molecule has 1 aliphatic rings. The van der Waals surface area contributed by atoms with Crippen molar-refractivity contribution in [1.29, 1.82) is 0 Å². The van der Waals surface area contributed by atoms with E-state index in [9.17, 15) is 9.59 Å². The molecule has 0 fully saturated rings. The number of nitrogens with zero attached hydrogens (tertiary/aromatic N) is 2. The maximum Gasteiger partial charge on any atom is 0.319 e. The topological polar surface area (TPSA) is 66.4 Å². The Balaban J connectivity index is 1.43. The number of aromatic nitrogens is 1. The molecule has 7 heteroatoms. The Hall–Kier alpha value is -2.99. The van der Waals surface area contributed by atoms with E-state index in [0.717, 1.165) is 34.3 Å². The van der Waals surface area contributed by atoms with Gasteiger partial charge in [-0.15, -0.1) is 0 Å². The van der Waals surface area contributed by atoms with Crippen LogP contribution in [0.5, 0.6) is 0 Å². The van der Waals surface area contributed by atoms with Gasteiger partial charge in [-0.1, -0.05) is 17.7 Å². The van der Waals surface area contributed by atoms with Crippen molar-refractivity contribution in [2.24, 2.45) is 0 Å². The van der Waals surface area contributed by atoms with Gasteiger partial charge < -0.3 is 20.1 Å². The van der Waals surface area contributed by atoms with Crippen LogP contribution in [0.15, 0.2) is 48.7 Å². The number of rotatable bonds is 4. The molecule has 0 aliphatic heterocycles. The zero-order chi connectivity index (χ0) is 20.5. The van der Waals surface area contributed by atoms with Gasteiger partial charge in [0.1, 0.15) is 6.54 Å². The minimum atomic E-state index is -0.237. The molecule has 0 radical (unpaired) electrons. The largest absolute Gasteiger partial charge is 0.347 e. The van der Waals surface area contributed by atoms with Crippen molar-refractivity contribution in [2.75, 3.05) is 19.4 Å². The van der Waals surface area contributed by atoms with E-state index < -0.39 is 0 Å². The molecule has 1 aromatic heterocycles. The van der Waals surface area contributed by atoms with Crippen molar-refractivity contribution in [3.05, 3.63) is 64.8 Å². The fraction of sp³-hybridized carbons (Fsp3) is 0.273. The summed E-state index contributed by atoms with van der Waals surface area (Å²) in [5.41, 5.74) is 3.98. The molecule has 3 amide bonds. The summed E-state index contributed by atoms with van der Waals surface area (Å²) in [6.45, 7) is 0.287. The summed E-state index contributed by atoms with van der Waals surface area (Å²) in [7, 11) is 3.48. The minimum absolute atomic E-state index is 0.0101. The lowest BCUT2D eigenvalue weighted by Gasteiger charge is -2.15. The summed E-state index contributed by atoms with van der Waals surface area (Å²) in [6, 6.07) is 13.2. The van der Waals surface area contributed by atoms with Crippen molar-refractivity contribution in [1.82, 2.24) is 14.8 Å². The number of carbonyl (C=O) groups excluding carboxylic acids is 2. The zero-order valence-electron chi connectivity index (χ0n) is 16.4. The summed E-state index contributed by atoms with van der Waals surface area (Å²) in [5.74, 6) is 0.0298. The number of likely N-dealkylation sites (N-methyl/N-ethyl adjacent to an activating group) is 1. The molecule has 2 aromatic carbocycles. The smallest absolute Gasteiger partial charge is 0.319 e. The number of amides is 3. The summed E-state index contributed by atoms with van der Waals surface area (Å²) < 4.78 is 1.90. The first-order chi connectivity index (χ1) is 13.9. The van der Waals surface area contributed by atoms with Crippen molar-refractivity contribution in [3.8, 4) is 0 Å². The molecule has 1 heterocycles. The first kappa shape index (κ1) is 19.3. The van der Waals surface area contributed by atoms with Crippen LogP contribution in [0.2, 0.25) is 5.02 Å². The van der Waals surface area contributed by atoms with E-state index >= 15 is 0 Å². The Kier molecular flexibility index (Phi) is 5.20. The SMILES string of the molecule is CN(C)C(=O)Cn1ccc2cc(NC(=O)NC3CCc4cc(Cl)ccc43)ccc21. The molecule has 0 spiro atoms. The van der Waals surface area contributed by atoms with Gasteiger partial charge in [-0.3, -0.25) is 4.79 Å². The average molecular weight is 411 g/mol. The minimum Gasteiger partial charge on any atom is -0.347 e. The lowest BCUT2D eigenvalue weighted by atomic mass is 10.1. The van der Waals surface area contributed by atoms with Gasteiger partial charge in [0, 0.05) is 41.9 Å². The summed E-state index contributed by atoms with van der Waals surface area (Å²) in [5, 5.41) is 7.65. The van der Waals surface area contributed by atoms with E-state index in [2.05, 4.69) is 10.6 Å². The van der Waals surface area contributed by atoms with Crippen LogP contribution in [-0.2, 0) is 17.8 Å². The molecule has 6 nitrogen and oxygen atoms in total. The highest BCUT2D eigenvalue weighted by molar-refractivity contribution is 6.30. The van der Waals surface area contributed by atoms with Crippen molar-refractivity contribution in [3.63, 3.8) is 0 Å². The second kappa shape index (κ2) is 7.79. The van der Waals surface area contributed by atoms with E-state index in [0.29, 0.717) is 5.69 Å². The first-order valence-corrected chi connectivity index (χ1v) is 9.93. The number of aryl methyl sites for hydroxylation is 1. The Morgan fingerprint density at radius 3 is 2.79 bits per heavy atom. The van der Waals surface area contributed by atoms with Crippen molar-refractivity contribution in [2.45, 2.75) is 25.4 Å². The molecule has 150 valence electrons. The summed E-state index contributed by atoms with van der Waals surface area (Å²) in [4.78, 5) is 26.0. The van der Waals surface area contributed by atoms with E-state index in [1.54, 1.807) is 19.0 Å². The van der Waals surface area contributed by atoms with E-state index in [4.69, 9.17) is 11.6 Å². The number of benzene rings is 2. The Bertz CT molecular complexity index is 1090. The summed E-state index contributed by atoms with van der Waals surface area (Å²) >= 11 is 6.05. The van der Waals surface area contributed by atoms with Crippen LogP contribution in [-0.4, -0.2) is 35.5 Å². The maximum atomic E-state index is 12.5. The number of hydrogen-bond donors (Lipinski definition) is 2. The average Bonchev–Trinajstić information content (AvgIpc) is 3.25. The highest BCUT2D eigenvalue weighted by Crippen LogP contribution is 2.33. The number of carbonyl (C=O) groups is 2. The maximum absolute atomic E-state index is 12.5. The lowest BCUT2D eigenvalue weighted by molar-refractivity contribution is -0.129. The normalized spacial score (nSPS) is 15.2. The third-order valence-electron chi connectivity index (χ3n) is 5.32. The molecule has 1 unspecified atom stereocenters. The number of fused-ring (bicyclic) bond motifs is 2. The quantitative estimate of drug-likeness (QED) is 0.677. The molecule has 1 aliphatic carbocycles. The first-order valence-electron chi connectivity index (χ1n) is 9.55. The van der Waals surface area contributed by atoms with Crippen molar-refractivity contribution < 1.29 is 9.59 Å². The van der Waals surface area contributed by atoms with E-state index in [1.165, 1.54) is 5.56 Å². The van der Waals surface area contributed by atoms with Gasteiger partial charge in [-0.2, -0.15) is 0 Å². The number of hydrogen-bond acceptors (Lipinski definition) is 2. The monoisotopic (exact) mass is 410 g/mol. The third kappa shape index (κ3) is 4.07. The van der Waals surface area contributed by atoms with Gasteiger partial charge in [-0.05, 0) is 60.4 Å². The van der Waals surface area contributed by atoms with Gasteiger partial charge in [0.05, 0.1) is 6.04 Å². The molecular weight excluding hydrogens is 388 g/mol. The second-order valence-corrected chi connectivity index (χ2v) is 7.97. The molecule has 0 saturated heterocycles. The number of urea groups is 1. The molecule has 0 saturated carbocycles. The van der Waals surface area contributed by atoms with E-state index in [-0.39, 0.29) is 24.5 Å². The predicted octanol–water partition coefficient (Wildman–Crippen LogP) is 4.19. The highest BCUT2D eigenvalue weighted by atomic mass is 35.5. The summed E-state index contributed by atoms with van der Waals surface area (Å²) in [6.07, 6.45) is 3.66. The molecular formula is C22H23ClN4O2. The fourth-order valence-electron chi connectivity index (χ4n) is 3.76. The van der Waals surface area contributed by atoms with Crippen LogP contribution in [0.1, 0.15) is 23.6 Å². The number of halogens is 1. The van der Waals surface area contributed by atoms with Crippen LogP contribution < -0.4 is 10.6 Å². The van der Waals surface area contributed by atoms with E-state index in [1.807, 2.05) is 53.2 Å². The molecule has 4 rings (SSSR count). The highest BCUT2D eigenvalue weighted by Gasteiger charge is 2.24. The van der Waals surface area contributed by atoms with Gasteiger partial charge in [0.15, 0.2) is 0 Å². The Labute approximate surface area is 174 Å². The molecule has 1 atom stereocenters. The number of nitrogens with one attached hydrogen (secondary N) is 2. The van der Waals surface area contributed by atoms with Crippen LogP contribution in [0.4, 0.5) is 10.5 Å². The molecule has 29 heavy (non-hydrogen) atoms. The van der Waals surface area contributed by atoms with Crippen LogP contribution in [0.25, 0.3) is 10.9 Å². The molecule has 2 N–H and O–H groups in total. The van der Waals surface area contributed by atoms with Gasteiger partial charge in [-0.25, -0.2) is 4.79 Å². The van der Waals surface area contributed by atoms with Gasteiger partial charge in [0.25, 0.3) is 0 Å². The van der Waals surface area contributed by atoms with Crippen molar-refractivity contribution >= 4 is 40.1 Å². The fourth-order valence-corrected chi connectivity index (χ4v) is 3.96. The zero-order valence-corrected chi connectivity index (χ0v) is 17.2. The number of anilines is 1. The van der Waals surface area contributed by atoms with Gasteiger partial charge in [0.2, 0.25) is 5.91 Å².